The third kappa shape index (κ3) is 2.81. The van der Waals surface area contributed by atoms with Crippen LogP contribution in [0.2, 0.25) is 5.02 Å². The summed E-state index contributed by atoms with van der Waals surface area (Å²) in [7, 11) is 0. The molecule has 0 unspecified atom stereocenters. The Labute approximate surface area is 148 Å². The van der Waals surface area contributed by atoms with Crippen LogP contribution in [-0.2, 0) is 0 Å². The predicted molar refractivity (Wildman–Crippen MR) is 95.8 cm³/mol. The predicted octanol–water partition coefficient (Wildman–Crippen LogP) is 4.75. The Morgan fingerprint density at radius 3 is 2.79 bits per heavy atom. The molecule has 2 aromatic carbocycles. The Morgan fingerprint density at radius 1 is 1.21 bits per heavy atom. The smallest absolute Gasteiger partial charge is 0.258 e. The first kappa shape index (κ1) is 15.3. The van der Waals surface area contributed by atoms with Crippen molar-refractivity contribution < 1.29 is 9.21 Å². The number of halogens is 1. The molecule has 0 bridgehead atoms. The largest absolute Gasteiger partial charge is 0.444 e. The summed E-state index contributed by atoms with van der Waals surface area (Å²) >= 11 is 7.85. The highest BCUT2D eigenvalue weighted by Gasteiger charge is 2.24. The maximum atomic E-state index is 12.9. The fraction of sp³-hybridized carbons (Fsp3) is 0.111. The van der Waals surface area contributed by atoms with E-state index in [1.807, 2.05) is 42.5 Å². The number of amides is 1. The molecule has 1 amide bonds. The van der Waals surface area contributed by atoms with Gasteiger partial charge < -0.3 is 9.32 Å². The SMILES string of the molecule is O=C(c1ccc(-c2cnco2)cc1)N1CCSc2ccc(Cl)cc21. The van der Waals surface area contributed by atoms with Crippen molar-refractivity contribution in [3.05, 3.63) is 65.6 Å². The van der Waals surface area contributed by atoms with E-state index in [2.05, 4.69) is 4.98 Å². The fourth-order valence-corrected chi connectivity index (χ4v) is 3.83. The van der Waals surface area contributed by atoms with Crippen molar-refractivity contribution in [1.29, 1.82) is 0 Å². The molecule has 0 atom stereocenters. The molecule has 0 fully saturated rings. The topological polar surface area (TPSA) is 46.3 Å². The lowest BCUT2D eigenvalue weighted by Crippen LogP contribution is -2.35. The van der Waals surface area contributed by atoms with Crippen LogP contribution in [0.3, 0.4) is 0 Å². The molecule has 6 heteroatoms. The Balaban J connectivity index is 1.64. The van der Waals surface area contributed by atoms with Crippen molar-refractivity contribution in [2.75, 3.05) is 17.2 Å². The number of nitrogens with zero attached hydrogens (tertiary/aromatic N) is 2. The van der Waals surface area contributed by atoms with Gasteiger partial charge in [0.25, 0.3) is 5.91 Å². The van der Waals surface area contributed by atoms with Crippen molar-refractivity contribution in [2.45, 2.75) is 4.90 Å². The minimum absolute atomic E-state index is 0.0251. The molecule has 0 spiro atoms. The number of hydrogen-bond donors (Lipinski definition) is 0. The highest BCUT2D eigenvalue weighted by molar-refractivity contribution is 7.99. The number of rotatable bonds is 2. The van der Waals surface area contributed by atoms with Crippen LogP contribution in [0, 0.1) is 0 Å². The van der Waals surface area contributed by atoms with E-state index in [9.17, 15) is 4.79 Å². The average Bonchev–Trinajstić information content (AvgIpc) is 3.15. The molecule has 0 aliphatic carbocycles. The number of thioether (sulfide) groups is 1. The standard InChI is InChI=1S/C18H13ClN2O2S/c19-14-5-6-17-15(9-14)21(7-8-24-17)18(22)13-3-1-12(2-4-13)16-10-20-11-23-16/h1-6,9-11H,7-8H2. The number of anilines is 1. The van der Waals surface area contributed by atoms with Gasteiger partial charge in [-0.15, -0.1) is 11.8 Å². The van der Waals surface area contributed by atoms with Gasteiger partial charge in [0.05, 0.1) is 11.9 Å². The first-order valence-corrected chi connectivity index (χ1v) is 8.82. The third-order valence-electron chi connectivity index (χ3n) is 3.88. The van der Waals surface area contributed by atoms with Crippen LogP contribution in [-0.4, -0.2) is 23.2 Å². The Kier molecular flexibility index (Phi) is 4.04. The minimum Gasteiger partial charge on any atom is -0.444 e. The van der Waals surface area contributed by atoms with Crippen molar-refractivity contribution >= 4 is 35.0 Å². The zero-order valence-electron chi connectivity index (χ0n) is 12.6. The molecular weight excluding hydrogens is 344 g/mol. The Hall–Kier alpha value is -2.24. The van der Waals surface area contributed by atoms with Crippen LogP contribution in [0.4, 0.5) is 5.69 Å². The molecule has 1 aliphatic heterocycles. The summed E-state index contributed by atoms with van der Waals surface area (Å²) in [6, 6.07) is 13.0. The van der Waals surface area contributed by atoms with Crippen LogP contribution in [0.25, 0.3) is 11.3 Å². The van der Waals surface area contributed by atoms with E-state index in [0.717, 1.165) is 21.9 Å². The minimum atomic E-state index is -0.0251. The fourth-order valence-electron chi connectivity index (χ4n) is 2.69. The van der Waals surface area contributed by atoms with Crippen LogP contribution in [0.15, 0.2) is 64.4 Å². The third-order valence-corrected chi connectivity index (χ3v) is 5.16. The van der Waals surface area contributed by atoms with Crippen LogP contribution in [0.1, 0.15) is 10.4 Å². The quantitative estimate of drug-likeness (QED) is 0.665. The van der Waals surface area contributed by atoms with E-state index in [1.165, 1.54) is 6.39 Å². The number of oxazole rings is 1. The highest BCUT2D eigenvalue weighted by atomic mass is 35.5. The average molecular weight is 357 g/mol. The summed E-state index contributed by atoms with van der Waals surface area (Å²) < 4.78 is 5.27. The molecule has 3 aromatic rings. The monoisotopic (exact) mass is 356 g/mol. The van der Waals surface area contributed by atoms with E-state index in [-0.39, 0.29) is 5.91 Å². The number of hydrogen-bond acceptors (Lipinski definition) is 4. The first-order chi connectivity index (χ1) is 11.7. The lowest BCUT2D eigenvalue weighted by atomic mass is 10.1. The Morgan fingerprint density at radius 2 is 2.04 bits per heavy atom. The van der Waals surface area contributed by atoms with E-state index in [4.69, 9.17) is 16.0 Å². The van der Waals surface area contributed by atoms with Crippen LogP contribution >= 0.6 is 23.4 Å². The summed E-state index contributed by atoms with van der Waals surface area (Å²) in [5.74, 6) is 1.53. The van der Waals surface area contributed by atoms with Crippen molar-refractivity contribution in [3.8, 4) is 11.3 Å². The van der Waals surface area contributed by atoms with Gasteiger partial charge in [-0.3, -0.25) is 4.79 Å². The second kappa shape index (κ2) is 6.34. The normalized spacial score (nSPS) is 13.6. The number of carbonyl (C=O) groups is 1. The van der Waals surface area contributed by atoms with Gasteiger partial charge in [-0.25, -0.2) is 4.98 Å². The van der Waals surface area contributed by atoms with Crippen molar-refractivity contribution in [2.24, 2.45) is 0 Å². The molecule has 4 nitrogen and oxygen atoms in total. The van der Waals surface area contributed by atoms with Crippen LogP contribution in [0.5, 0.6) is 0 Å². The van der Waals surface area contributed by atoms with Gasteiger partial charge in [0.1, 0.15) is 0 Å². The van der Waals surface area contributed by atoms with Crippen LogP contribution < -0.4 is 4.90 Å². The Bertz CT molecular complexity index is 879. The van der Waals surface area contributed by atoms with Gasteiger partial charge in [0.15, 0.2) is 12.2 Å². The second-order valence-corrected chi connectivity index (χ2v) is 6.93. The molecule has 0 N–H and O–H groups in total. The molecule has 4 rings (SSSR count). The van der Waals surface area contributed by atoms with Crippen molar-refractivity contribution in [3.63, 3.8) is 0 Å². The zero-order valence-corrected chi connectivity index (χ0v) is 14.2. The molecule has 120 valence electrons. The molecule has 0 saturated heterocycles. The lowest BCUT2D eigenvalue weighted by molar-refractivity contribution is 0.0987. The molecule has 0 radical (unpaired) electrons. The summed E-state index contributed by atoms with van der Waals surface area (Å²) in [6.07, 6.45) is 3.04. The lowest BCUT2D eigenvalue weighted by Gasteiger charge is -2.29. The number of carbonyl (C=O) groups excluding carboxylic acids is 1. The van der Waals surface area contributed by atoms with E-state index >= 15 is 0 Å². The van der Waals surface area contributed by atoms with Gasteiger partial charge >= 0.3 is 0 Å². The van der Waals surface area contributed by atoms with E-state index < -0.39 is 0 Å². The molecule has 1 aromatic heterocycles. The summed E-state index contributed by atoms with van der Waals surface area (Å²) in [4.78, 5) is 19.7. The van der Waals surface area contributed by atoms with Gasteiger partial charge in [0, 0.05) is 33.3 Å². The van der Waals surface area contributed by atoms with Gasteiger partial charge in [0.2, 0.25) is 0 Å². The first-order valence-electron chi connectivity index (χ1n) is 7.45. The maximum Gasteiger partial charge on any atom is 0.258 e. The summed E-state index contributed by atoms with van der Waals surface area (Å²) in [6.45, 7) is 0.667. The van der Waals surface area contributed by atoms with Gasteiger partial charge in [-0.1, -0.05) is 23.7 Å². The number of fused-ring (bicyclic) bond motifs is 1. The molecule has 0 saturated carbocycles. The molecule has 1 aliphatic rings. The zero-order chi connectivity index (χ0) is 16.5. The molecular formula is C18H13ClN2O2S. The van der Waals surface area contributed by atoms with Gasteiger partial charge in [-0.2, -0.15) is 0 Å². The van der Waals surface area contributed by atoms with E-state index in [1.54, 1.807) is 22.9 Å². The molecule has 2 heterocycles. The number of benzene rings is 2. The van der Waals surface area contributed by atoms with Crippen molar-refractivity contribution in [1.82, 2.24) is 4.98 Å². The van der Waals surface area contributed by atoms with E-state index in [0.29, 0.717) is 22.9 Å². The summed E-state index contributed by atoms with van der Waals surface area (Å²) in [5, 5.41) is 0.634. The maximum absolute atomic E-state index is 12.9. The highest BCUT2D eigenvalue weighted by Crippen LogP contribution is 2.37. The number of aromatic nitrogens is 1. The van der Waals surface area contributed by atoms with Gasteiger partial charge in [-0.05, 0) is 30.3 Å². The molecule has 24 heavy (non-hydrogen) atoms. The summed E-state index contributed by atoms with van der Waals surface area (Å²) in [5.41, 5.74) is 2.40. The second-order valence-electron chi connectivity index (χ2n) is 5.36.